The molecule has 0 aromatic carbocycles. The van der Waals surface area contributed by atoms with E-state index in [2.05, 4.69) is 4.74 Å². The number of methoxy groups -OCH3 is 1. The second kappa shape index (κ2) is 4.42. The summed E-state index contributed by atoms with van der Waals surface area (Å²) in [5.41, 5.74) is -1.14. The van der Waals surface area contributed by atoms with Gasteiger partial charge in [0.05, 0.1) is 18.4 Å². The van der Waals surface area contributed by atoms with Gasteiger partial charge in [-0.2, -0.15) is 5.26 Å². The van der Waals surface area contributed by atoms with E-state index in [1.165, 1.54) is 13.4 Å². The van der Waals surface area contributed by atoms with E-state index in [4.69, 9.17) is 5.26 Å². The lowest BCUT2D eigenvalue weighted by atomic mass is 9.75. The first-order chi connectivity index (χ1) is 7.35. The van der Waals surface area contributed by atoms with Crippen LogP contribution in [0.5, 0.6) is 0 Å². The van der Waals surface area contributed by atoms with Crippen molar-refractivity contribution >= 4 is 15.8 Å². The van der Waals surface area contributed by atoms with Crippen LogP contribution in [-0.4, -0.2) is 33.0 Å². The predicted molar refractivity (Wildman–Crippen MR) is 57.2 cm³/mol. The molecule has 1 aliphatic rings. The first kappa shape index (κ1) is 13.0. The number of nitrogens with zero attached hydrogens (tertiary/aromatic N) is 1. The molecule has 6 heteroatoms. The Balaban J connectivity index is 2.81. The quantitative estimate of drug-likeness (QED) is 0.667. The van der Waals surface area contributed by atoms with Crippen molar-refractivity contribution < 1.29 is 17.9 Å². The predicted octanol–water partition coefficient (Wildman–Crippen LogP) is 0.657. The van der Waals surface area contributed by atoms with E-state index in [0.29, 0.717) is 12.8 Å². The van der Waals surface area contributed by atoms with E-state index in [1.807, 2.05) is 6.07 Å². The molecular weight excluding hydrogens is 230 g/mol. The fourth-order valence-electron chi connectivity index (χ4n) is 2.07. The summed E-state index contributed by atoms with van der Waals surface area (Å²) in [5.74, 6) is -0.554. The average Bonchev–Trinajstić information content (AvgIpc) is 2.26. The van der Waals surface area contributed by atoms with E-state index in [0.717, 1.165) is 0 Å². The number of rotatable bonds is 2. The standard InChI is InChI=1S/C10H15NO4S/c1-15-9(12)10(7-11)5-3-8(4-6-10)16(2,13)14/h8H,3-6H2,1-2H3. The highest BCUT2D eigenvalue weighted by atomic mass is 32.2. The summed E-state index contributed by atoms with van der Waals surface area (Å²) >= 11 is 0. The van der Waals surface area contributed by atoms with Crippen molar-refractivity contribution in [1.82, 2.24) is 0 Å². The number of carbonyl (C=O) groups excluding carboxylic acids is 1. The van der Waals surface area contributed by atoms with Gasteiger partial charge in [-0.05, 0) is 25.7 Å². The molecule has 90 valence electrons. The van der Waals surface area contributed by atoms with E-state index in [9.17, 15) is 13.2 Å². The van der Waals surface area contributed by atoms with Gasteiger partial charge in [0.2, 0.25) is 0 Å². The summed E-state index contributed by atoms with van der Waals surface area (Å²) in [5, 5.41) is 8.60. The first-order valence-corrected chi connectivity index (χ1v) is 7.00. The zero-order valence-electron chi connectivity index (χ0n) is 9.39. The highest BCUT2D eigenvalue weighted by Crippen LogP contribution is 2.38. The van der Waals surface area contributed by atoms with Crippen molar-refractivity contribution in [3.63, 3.8) is 0 Å². The Labute approximate surface area is 95.3 Å². The van der Waals surface area contributed by atoms with Gasteiger partial charge in [-0.15, -0.1) is 0 Å². The Morgan fingerprint density at radius 2 is 1.94 bits per heavy atom. The maximum atomic E-state index is 11.5. The first-order valence-electron chi connectivity index (χ1n) is 5.04. The molecule has 1 rings (SSSR count). The van der Waals surface area contributed by atoms with Crippen LogP contribution in [0.4, 0.5) is 0 Å². The van der Waals surface area contributed by atoms with Gasteiger partial charge in [0.15, 0.2) is 5.41 Å². The number of sulfone groups is 1. The molecule has 0 radical (unpaired) electrons. The molecule has 0 amide bonds. The van der Waals surface area contributed by atoms with E-state index >= 15 is 0 Å². The molecule has 1 aliphatic carbocycles. The van der Waals surface area contributed by atoms with Crippen LogP contribution in [0, 0.1) is 16.7 Å². The van der Waals surface area contributed by atoms with Crippen LogP contribution < -0.4 is 0 Å². The van der Waals surface area contributed by atoms with Gasteiger partial charge >= 0.3 is 5.97 Å². The van der Waals surface area contributed by atoms with Crippen LogP contribution >= 0.6 is 0 Å². The molecule has 5 nitrogen and oxygen atoms in total. The van der Waals surface area contributed by atoms with Gasteiger partial charge in [-0.1, -0.05) is 0 Å². The molecule has 1 fully saturated rings. The third-order valence-corrected chi connectivity index (χ3v) is 4.86. The maximum Gasteiger partial charge on any atom is 0.326 e. The minimum absolute atomic E-state index is 0.258. The summed E-state index contributed by atoms with van der Waals surface area (Å²) in [7, 11) is -1.84. The molecule has 0 unspecified atom stereocenters. The summed E-state index contributed by atoms with van der Waals surface area (Å²) in [6.45, 7) is 0. The molecule has 0 bridgehead atoms. The molecule has 0 aromatic heterocycles. The molecular formula is C10H15NO4S. The molecule has 16 heavy (non-hydrogen) atoms. The van der Waals surface area contributed by atoms with Gasteiger partial charge in [0.1, 0.15) is 9.84 Å². The average molecular weight is 245 g/mol. The number of carbonyl (C=O) groups is 1. The molecule has 0 aromatic rings. The van der Waals surface area contributed by atoms with Crippen LogP contribution in [0.15, 0.2) is 0 Å². The van der Waals surface area contributed by atoms with Crippen LogP contribution in [0.1, 0.15) is 25.7 Å². The molecule has 1 saturated carbocycles. The molecule has 0 atom stereocenters. The van der Waals surface area contributed by atoms with E-state index in [1.54, 1.807) is 0 Å². The largest absolute Gasteiger partial charge is 0.468 e. The van der Waals surface area contributed by atoms with Gasteiger partial charge < -0.3 is 4.74 Å². The Hall–Kier alpha value is -1.09. The van der Waals surface area contributed by atoms with Crippen molar-refractivity contribution in [1.29, 1.82) is 5.26 Å². The third kappa shape index (κ3) is 2.35. The lowest BCUT2D eigenvalue weighted by molar-refractivity contribution is -0.150. The number of ether oxygens (including phenoxy) is 1. The summed E-state index contributed by atoms with van der Waals surface area (Å²) in [6, 6.07) is 1.97. The van der Waals surface area contributed by atoms with Crippen LogP contribution in [0.2, 0.25) is 0 Å². The summed E-state index contributed by atoms with van der Waals surface area (Å²) in [6.07, 6.45) is 2.40. The smallest absolute Gasteiger partial charge is 0.326 e. The lowest BCUT2D eigenvalue weighted by Gasteiger charge is -2.31. The van der Waals surface area contributed by atoms with Crippen molar-refractivity contribution in [2.45, 2.75) is 30.9 Å². The molecule has 0 aliphatic heterocycles. The van der Waals surface area contributed by atoms with Gasteiger partial charge in [-0.25, -0.2) is 8.42 Å². The van der Waals surface area contributed by atoms with Crippen molar-refractivity contribution in [2.24, 2.45) is 5.41 Å². The second-order valence-corrected chi connectivity index (χ2v) is 6.54. The minimum atomic E-state index is -3.08. The van der Waals surface area contributed by atoms with Crippen LogP contribution in [0.25, 0.3) is 0 Å². The monoisotopic (exact) mass is 245 g/mol. The van der Waals surface area contributed by atoms with Crippen LogP contribution in [0.3, 0.4) is 0 Å². The Kier molecular flexibility index (Phi) is 3.58. The maximum absolute atomic E-state index is 11.5. The Morgan fingerprint density at radius 3 is 2.25 bits per heavy atom. The summed E-state index contributed by atoms with van der Waals surface area (Å²) in [4.78, 5) is 11.5. The Bertz CT molecular complexity index is 413. The fraction of sp³-hybridized carbons (Fsp3) is 0.800. The molecule has 0 heterocycles. The lowest BCUT2D eigenvalue weighted by Crippen LogP contribution is -2.38. The summed E-state index contributed by atoms with van der Waals surface area (Å²) < 4.78 is 27.2. The van der Waals surface area contributed by atoms with E-state index in [-0.39, 0.29) is 12.8 Å². The molecule has 0 saturated heterocycles. The van der Waals surface area contributed by atoms with Crippen molar-refractivity contribution in [3.8, 4) is 6.07 Å². The number of hydrogen-bond donors (Lipinski definition) is 0. The number of hydrogen-bond acceptors (Lipinski definition) is 5. The molecule has 0 N–H and O–H groups in total. The fourth-order valence-corrected chi connectivity index (χ4v) is 3.16. The number of nitriles is 1. The van der Waals surface area contributed by atoms with Gasteiger partial charge in [0.25, 0.3) is 0 Å². The normalized spacial score (nSPS) is 30.4. The van der Waals surface area contributed by atoms with Crippen molar-refractivity contribution in [3.05, 3.63) is 0 Å². The SMILES string of the molecule is COC(=O)C1(C#N)CCC(S(C)(=O)=O)CC1. The highest BCUT2D eigenvalue weighted by molar-refractivity contribution is 7.91. The second-order valence-electron chi connectivity index (χ2n) is 4.21. The molecule has 0 spiro atoms. The number of esters is 1. The van der Waals surface area contributed by atoms with Crippen molar-refractivity contribution in [2.75, 3.05) is 13.4 Å². The Morgan fingerprint density at radius 1 is 1.44 bits per heavy atom. The van der Waals surface area contributed by atoms with Gasteiger partial charge in [0, 0.05) is 6.26 Å². The van der Waals surface area contributed by atoms with Gasteiger partial charge in [-0.3, -0.25) is 4.79 Å². The highest BCUT2D eigenvalue weighted by Gasteiger charge is 2.45. The van der Waals surface area contributed by atoms with E-state index < -0.39 is 26.5 Å². The van der Waals surface area contributed by atoms with Crippen LogP contribution in [-0.2, 0) is 19.4 Å². The zero-order chi connectivity index (χ0) is 12.4. The zero-order valence-corrected chi connectivity index (χ0v) is 10.2. The third-order valence-electron chi connectivity index (χ3n) is 3.18. The topological polar surface area (TPSA) is 84.2 Å². The minimum Gasteiger partial charge on any atom is -0.468 e.